The number of carbonyl (C=O) groups excluding carboxylic acids is 4. The highest BCUT2D eigenvalue weighted by atomic mass is 19.1. The fourth-order valence-corrected chi connectivity index (χ4v) is 3.85. The van der Waals surface area contributed by atoms with Crippen molar-refractivity contribution in [1.29, 1.82) is 0 Å². The van der Waals surface area contributed by atoms with Crippen molar-refractivity contribution in [1.82, 2.24) is 15.5 Å². The molecular weight excluding hydrogens is 419 g/mol. The SMILES string of the molecule is CNC(=O)Oc1ccc(F)c(CNc2cccc3c2CN([C@@H]2CCC(=O)NC2=O)C3=O)c1. The second-order valence-electron chi connectivity index (χ2n) is 7.48. The minimum atomic E-state index is -0.712. The van der Waals surface area contributed by atoms with Gasteiger partial charge in [-0.2, -0.15) is 0 Å². The summed E-state index contributed by atoms with van der Waals surface area (Å²) in [6, 6.07) is 8.41. The summed E-state index contributed by atoms with van der Waals surface area (Å²) in [7, 11) is 1.42. The van der Waals surface area contributed by atoms with Crippen LogP contribution in [0, 0.1) is 5.82 Å². The Kier molecular flexibility index (Phi) is 5.76. The molecule has 0 aromatic heterocycles. The molecule has 1 atom stereocenters. The number of nitrogens with zero attached hydrogens (tertiary/aromatic N) is 1. The van der Waals surface area contributed by atoms with Crippen LogP contribution in [0.2, 0.25) is 0 Å². The van der Waals surface area contributed by atoms with Crippen molar-refractivity contribution in [3.63, 3.8) is 0 Å². The van der Waals surface area contributed by atoms with E-state index < -0.39 is 23.9 Å². The Balaban J connectivity index is 1.51. The fourth-order valence-electron chi connectivity index (χ4n) is 3.85. The van der Waals surface area contributed by atoms with Gasteiger partial charge in [-0.3, -0.25) is 19.7 Å². The van der Waals surface area contributed by atoms with Crippen molar-refractivity contribution in [2.75, 3.05) is 12.4 Å². The fraction of sp³-hybridized carbons (Fsp3) is 0.273. The molecule has 0 aliphatic carbocycles. The maximum Gasteiger partial charge on any atom is 0.412 e. The van der Waals surface area contributed by atoms with Crippen LogP contribution in [0.3, 0.4) is 0 Å². The van der Waals surface area contributed by atoms with Crippen LogP contribution in [-0.2, 0) is 22.7 Å². The molecule has 10 heteroatoms. The Morgan fingerprint density at radius 3 is 2.81 bits per heavy atom. The summed E-state index contributed by atoms with van der Waals surface area (Å²) in [5.41, 5.74) is 2.05. The van der Waals surface area contributed by atoms with Crippen LogP contribution >= 0.6 is 0 Å². The maximum absolute atomic E-state index is 14.3. The maximum atomic E-state index is 14.3. The molecule has 1 saturated heterocycles. The molecule has 4 amide bonds. The summed E-state index contributed by atoms with van der Waals surface area (Å²) in [5.74, 6) is -1.39. The minimum absolute atomic E-state index is 0.0832. The molecule has 0 saturated carbocycles. The molecule has 2 aromatic carbocycles. The standard InChI is InChI=1S/C22H21FN4O5/c1-24-22(31)32-13-5-6-16(23)12(9-13)10-25-17-4-2-3-14-15(17)11-27(21(14)30)18-7-8-19(28)26-20(18)29/h2-6,9,18,25H,7-8,10-11H2,1H3,(H,24,31)(H,26,28,29)/t18-/m1/s1. The molecule has 0 bridgehead atoms. The number of imide groups is 1. The first-order valence-corrected chi connectivity index (χ1v) is 10.1. The molecule has 3 N–H and O–H groups in total. The highest BCUT2D eigenvalue weighted by Crippen LogP contribution is 2.32. The summed E-state index contributed by atoms with van der Waals surface area (Å²) in [6.45, 7) is 0.283. The van der Waals surface area contributed by atoms with Crippen LogP contribution < -0.4 is 20.7 Å². The molecule has 0 radical (unpaired) electrons. The van der Waals surface area contributed by atoms with Crippen molar-refractivity contribution in [3.8, 4) is 5.75 Å². The number of fused-ring (bicyclic) bond motifs is 1. The van der Waals surface area contributed by atoms with Gasteiger partial charge in [-0.1, -0.05) is 6.07 Å². The second kappa shape index (κ2) is 8.66. The van der Waals surface area contributed by atoms with Crippen LogP contribution in [0.4, 0.5) is 14.9 Å². The monoisotopic (exact) mass is 440 g/mol. The number of ether oxygens (including phenoxy) is 1. The van der Waals surface area contributed by atoms with Crippen molar-refractivity contribution >= 4 is 29.5 Å². The van der Waals surface area contributed by atoms with E-state index in [1.165, 1.54) is 30.1 Å². The van der Waals surface area contributed by atoms with Crippen LogP contribution in [-0.4, -0.2) is 41.8 Å². The molecule has 2 aromatic rings. The molecule has 4 rings (SSSR count). The third-order valence-corrected chi connectivity index (χ3v) is 5.48. The van der Waals surface area contributed by atoms with Crippen LogP contribution in [0.5, 0.6) is 5.75 Å². The lowest BCUT2D eigenvalue weighted by Gasteiger charge is -2.29. The molecule has 1 fully saturated rings. The van der Waals surface area contributed by atoms with E-state index >= 15 is 0 Å². The Labute approximate surface area is 182 Å². The number of carbonyl (C=O) groups is 4. The topological polar surface area (TPSA) is 117 Å². The molecule has 2 heterocycles. The average molecular weight is 440 g/mol. The van der Waals surface area contributed by atoms with Gasteiger partial charge in [0.25, 0.3) is 5.91 Å². The Hall–Kier alpha value is -3.95. The molecule has 32 heavy (non-hydrogen) atoms. The van der Waals surface area contributed by atoms with Gasteiger partial charge in [0.15, 0.2) is 0 Å². The number of amides is 4. The zero-order valence-corrected chi connectivity index (χ0v) is 17.2. The molecule has 166 valence electrons. The predicted molar refractivity (Wildman–Crippen MR) is 111 cm³/mol. The van der Waals surface area contributed by atoms with Crippen molar-refractivity contribution in [2.45, 2.75) is 32.0 Å². The number of anilines is 1. The van der Waals surface area contributed by atoms with E-state index in [0.29, 0.717) is 16.8 Å². The third-order valence-electron chi connectivity index (χ3n) is 5.48. The Morgan fingerprint density at radius 2 is 2.06 bits per heavy atom. The molecule has 2 aliphatic rings. The quantitative estimate of drug-likeness (QED) is 0.612. The Morgan fingerprint density at radius 1 is 1.25 bits per heavy atom. The van der Waals surface area contributed by atoms with Gasteiger partial charge in [-0.15, -0.1) is 0 Å². The first kappa shape index (κ1) is 21.3. The zero-order valence-electron chi connectivity index (χ0n) is 17.2. The average Bonchev–Trinajstić information content (AvgIpc) is 3.11. The number of benzene rings is 2. The molecular formula is C22H21FN4O5. The van der Waals surface area contributed by atoms with Gasteiger partial charge in [0.05, 0.1) is 0 Å². The lowest BCUT2D eigenvalue weighted by atomic mass is 10.0. The summed E-state index contributed by atoms with van der Waals surface area (Å²) in [5, 5.41) is 7.72. The lowest BCUT2D eigenvalue weighted by Crippen LogP contribution is -2.52. The van der Waals surface area contributed by atoms with Crippen molar-refractivity contribution < 1.29 is 28.3 Å². The van der Waals surface area contributed by atoms with E-state index in [-0.39, 0.29) is 49.1 Å². The number of nitrogens with one attached hydrogen (secondary N) is 3. The number of halogens is 1. The van der Waals surface area contributed by atoms with Gasteiger partial charge in [0.2, 0.25) is 11.8 Å². The van der Waals surface area contributed by atoms with E-state index in [2.05, 4.69) is 16.0 Å². The van der Waals surface area contributed by atoms with E-state index in [0.717, 1.165) is 0 Å². The second-order valence-corrected chi connectivity index (χ2v) is 7.48. The van der Waals surface area contributed by atoms with Gasteiger partial charge in [-0.05, 0) is 36.8 Å². The van der Waals surface area contributed by atoms with Gasteiger partial charge in [0, 0.05) is 48.9 Å². The molecule has 9 nitrogen and oxygen atoms in total. The van der Waals surface area contributed by atoms with Crippen LogP contribution in [0.15, 0.2) is 36.4 Å². The molecule has 0 unspecified atom stereocenters. The predicted octanol–water partition coefficient (Wildman–Crippen LogP) is 1.92. The van der Waals surface area contributed by atoms with E-state index in [9.17, 15) is 23.6 Å². The Bertz CT molecular complexity index is 1120. The number of hydrogen-bond acceptors (Lipinski definition) is 6. The summed E-state index contributed by atoms with van der Waals surface area (Å²) < 4.78 is 19.3. The van der Waals surface area contributed by atoms with E-state index in [1.807, 2.05) is 0 Å². The third kappa shape index (κ3) is 4.11. The van der Waals surface area contributed by atoms with Gasteiger partial charge in [0.1, 0.15) is 17.6 Å². The van der Waals surface area contributed by atoms with Crippen molar-refractivity contribution in [3.05, 3.63) is 58.9 Å². The van der Waals surface area contributed by atoms with Gasteiger partial charge >= 0.3 is 6.09 Å². The zero-order chi connectivity index (χ0) is 22.8. The summed E-state index contributed by atoms with van der Waals surface area (Å²) in [6.07, 6.45) is -0.213. The number of piperidine rings is 1. The van der Waals surface area contributed by atoms with Crippen molar-refractivity contribution in [2.24, 2.45) is 0 Å². The first-order valence-electron chi connectivity index (χ1n) is 10.1. The molecule has 2 aliphatic heterocycles. The summed E-state index contributed by atoms with van der Waals surface area (Å²) in [4.78, 5) is 49.4. The smallest absolute Gasteiger partial charge is 0.410 e. The van der Waals surface area contributed by atoms with Crippen LogP contribution in [0.1, 0.15) is 34.3 Å². The minimum Gasteiger partial charge on any atom is -0.410 e. The molecule has 0 spiro atoms. The number of rotatable bonds is 5. The largest absolute Gasteiger partial charge is 0.412 e. The van der Waals surface area contributed by atoms with Gasteiger partial charge in [-0.25, -0.2) is 9.18 Å². The highest BCUT2D eigenvalue weighted by molar-refractivity contribution is 6.06. The van der Waals surface area contributed by atoms with E-state index in [1.54, 1.807) is 18.2 Å². The normalized spacial score (nSPS) is 17.6. The van der Waals surface area contributed by atoms with Crippen LogP contribution in [0.25, 0.3) is 0 Å². The number of hydrogen-bond donors (Lipinski definition) is 3. The van der Waals surface area contributed by atoms with E-state index in [4.69, 9.17) is 4.74 Å². The highest BCUT2D eigenvalue weighted by Gasteiger charge is 2.39. The summed E-state index contributed by atoms with van der Waals surface area (Å²) >= 11 is 0. The first-order chi connectivity index (χ1) is 15.4. The lowest BCUT2D eigenvalue weighted by molar-refractivity contribution is -0.136. The van der Waals surface area contributed by atoms with Gasteiger partial charge < -0.3 is 20.3 Å².